The van der Waals surface area contributed by atoms with Gasteiger partial charge < -0.3 is 19.5 Å². The van der Waals surface area contributed by atoms with E-state index in [-0.39, 0.29) is 30.2 Å². The van der Waals surface area contributed by atoms with Crippen molar-refractivity contribution in [3.05, 3.63) is 29.8 Å². The fraction of sp³-hybridized carbons (Fsp3) is 0.579. The molecule has 6 heteroatoms. The van der Waals surface area contributed by atoms with Crippen LogP contribution in [-0.4, -0.2) is 55.3 Å². The average molecular weight is 349 g/mol. The minimum atomic E-state index is -0.404. The number of esters is 1. The SMILES string of the molecule is CCCCCOCC(=O)N1C[C@H](C(=O)OC)[C@@H](c2ccc(O)cc2)C1. The van der Waals surface area contributed by atoms with Gasteiger partial charge in [-0.15, -0.1) is 0 Å². The monoisotopic (exact) mass is 349 g/mol. The number of phenolic OH excluding ortho intramolecular Hbond substituents is 1. The van der Waals surface area contributed by atoms with Crippen LogP contribution in [0, 0.1) is 5.92 Å². The van der Waals surface area contributed by atoms with Gasteiger partial charge in [0.15, 0.2) is 0 Å². The Morgan fingerprint density at radius 2 is 1.92 bits per heavy atom. The number of likely N-dealkylation sites (tertiary alicyclic amines) is 1. The molecule has 0 unspecified atom stereocenters. The van der Waals surface area contributed by atoms with Crippen LogP contribution in [-0.2, 0) is 19.1 Å². The molecule has 138 valence electrons. The van der Waals surface area contributed by atoms with Crippen LogP contribution >= 0.6 is 0 Å². The number of aromatic hydroxyl groups is 1. The molecule has 1 aromatic rings. The van der Waals surface area contributed by atoms with E-state index >= 15 is 0 Å². The van der Waals surface area contributed by atoms with E-state index in [0.29, 0.717) is 19.7 Å². The third kappa shape index (κ3) is 5.19. The molecule has 1 fully saturated rings. The zero-order valence-electron chi connectivity index (χ0n) is 14.9. The van der Waals surface area contributed by atoms with Gasteiger partial charge in [0.2, 0.25) is 5.91 Å². The minimum Gasteiger partial charge on any atom is -0.508 e. The van der Waals surface area contributed by atoms with Gasteiger partial charge >= 0.3 is 5.97 Å². The second-order valence-electron chi connectivity index (χ2n) is 6.39. The lowest BCUT2D eigenvalue weighted by molar-refractivity contribution is -0.145. The van der Waals surface area contributed by atoms with Gasteiger partial charge in [-0.05, 0) is 24.1 Å². The lowest BCUT2D eigenvalue weighted by atomic mass is 9.89. The smallest absolute Gasteiger partial charge is 0.311 e. The van der Waals surface area contributed by atoms with Gasteiger partial charge in [-0.25, -0.2) is 0 Å². The van der Waals surface area contributed by atoms with Crippen LogP contribution in [0.2, 0.25) is 0 Å². The fourth-order valence-corrected chi connectivity index (χ4v) is 3.16. The third-order valence-electron chi connectivity index (χ3n) is 4.62. The van der Waals surface area contributed by atoms with E-state index in [1.165, 1.54) is 7.11 Å². The summed E-state index contributed by atoms with van der Waals surface area (Å²) < 4.78 is 10.4. The predicted octanol–water partition coefficient (Wildman–Crippen LogP) is 2.31. The van der Waals surface area contributed by atoms with Crippen molar-refractivity contribution in [3.63, 3.8) is 0 Å². The van der Waals surface area contributed by atoms with Gasteiger partial charge in [-0.3, -0.25) is 9.59 Å². The fourth-order valence-electron chi connectivity index (χ4n) is 3.16. The molecule has 0 bridgehead atoms. The van der Waals surface area contributed by atoms with Crippen molar-refractivity contribution >= 4 is 11.9 Å². The molecular formula is C19H27NO5. The Hall–Kier alpha value is -2.08. The molecule has 1 amide bonds. The number of carbonyl (C=O) groups is 2. The Balaban J connectivity index is 1.99. The van der Waals surface area contributed by atoms with Gasteiger partial charge in [-0.2, -0.15) is 0 Å². The normalized spacial score (nSPS) is 19.8. The number of ether oxygens (including phenoxy) is 2. The van der Waals surface area contributed by atoms with E-state index in [2.05, 4.69) is 6.92 Å². The van der Waals surface area contributed by atoms with Gasteiger partial charge in [0.25, 0.3) is 0 Å². The molecule has 1 aliphatic rings. The first-order valence-electron chi connectivity index (χ1n) is 8.79. The van der Waals surface area contributed by atoms with E-state index < -0.39 is 5.92 Å². The first-order chi connectivity index (χ1) is 12.1. The summed E-state index contributed by atoms with van der Waals surface area (Å²) in [5, 5.41) is 9.45. The highest BCUT2D eigenvalue weighted by molar-refractivity contribution is 5.81. The summed E-state index contributed by atoms with van der Waals surface area (Å²) in [6.07, 6.45) is 3.15. The van der Waals surface area contributed by atoms with Gasteiger partial charge in [0, 0.05) is 25.6 Å². The molecule has 0 aliphatic carbocycles. The molecule has 6 nitrogen and oxygen atoms in total. The Kier molecular flexibility index (Phi) is 7.25. The number of methoxy groups -OCH3 is 1. The summed E-state index contributed by atoms with van der Waals surface area (Å²) in [7, 11) is 1.36. The lowest BCUT2D eigenvalue weighted by Crippen LogP contribution is -2.33. The van der Waals surface area contributed by atoms with E-state index in [9.17, 15) is 14.7 Å². The van der Waals surface area contributed by atoms with Gasteiger partial charge in [0.05, 0.1) is 13.0 Å². The molecule has 1 aliphatic heterocycles. The Labute approximate surface area is 148 Å². The third-order valence-corrected chi connectivity index (χ3v) is 4.62. The minimum absolute atomic E-state index is 0.0416. The van der Waals surface area contributed by atoms with Crippen molar-refractivity contribution in [2.75, 3.05) is 33.4 Å². The molecule has 1 saturated heterocycles. The highest BCUT2D eigenvalue weighted by Crippen LogP contribution is 2.34. The summed E-state index contributed by atoms with van der Waals surface area (Å²) in [5.41, 5.74) is 0.910. The van der Waals surface area contributed by atoms with E-state index in [0.717, 1.165) is 24.8 Å². The standard InChI is InChI=1S/C19H27NO5/c1-3-4-5-10-25-13-18(22)20-11-16(17(12-20)19(23)24-2)14-6-8-15(21)9-7-14/h6-9,16-17,21H,3-5,10-13H2,1-2H3/t16-,17+/m1/s1. The van der Waals surface area contributed by atoms with Crippen LogP contribution in [0.5, 0.6) is 5.75 Å². The van der Waals surface area contributed by atoms with Crippen LogP contribution in [0.25, 0.3) is 0 Å². The zero-order valence-corrected chi connectivity index (χ0v) is 14.9. The van der Waals surface area contributed by atoms with Crippen molar-refractivity contribution in [2.24, 2.45) is 5.92 Å². The molecule has 2 atom stereocenters. The number of benzene rings is 1. The lowest BCUT2D eigenvalue weighted by Gasteiger charge is -2.17. The molecule has 0 aromatic heterocycles. The maximum absolute atomic E-state index is 12.4. The van der Waals surface area contributed by atoms with E-state index in [1.54, 1.807) is 29.2 Å². The quantitative estimate of drug-likeness (QED) is 0.576. The molecular weight excluding hydrogens is 322 g/mol. The second kappa shape index (κ2) is 9.42. The average Bonchev–Trinajstić information content (AvgIpc) is 3.07. The molecule has 25 heavy (non-hydrogen) atoms. The maximum Gasteiger partial charge on any atom is 0.311 e. The molecule has 1 aromatic carbocycles. The number of hydrogen-bond donors (Lipinski definition) is 1. The van der Waals surface area contributed by atoms with E-state index in [4.69, 9.17) is 9.47 Å². The number of unbranched alkanes of at least 4 members (excludes halogenated alkanes) is 2. The summed E-state index contributed by atoms with van der Waals surface area (Å²) in [5.74, 6) is -0.802. The molecule has 1 heterocycles. The zero-order chi connectivity index (χ0) is 18.2. The highest BCUT2D eigenvalue weighted by Gasteiger charge is 2.40. The van der Waals surface area contributed by atoms with Crippen molar-refractivity contribution in [1.82, 2.24) is 4.90 Å². The first-order valence-corrected chi connectivity index (χ1v) is 8.79. The molecule has 0 spiro atoms. The van der Waals surface area contributed by atoms with E-state index in [1.807, 2.05) is 0 Å². The number of phenols is 1. The van der Waals surface area contributed by atoms with Crippen molar-refractivity contribution < 1.29 is 24.2 Å². The van der Waals surface area contributed by atoms with Crippen molar-refractivity contribution in [2.45, 2.75) is 32.1 Å². The number of nitrogens with zero attached hydrogens (tertiary/aromatic N) is 1. The summed E-state index contributed by atoms with van der Waals surface area (Å²) in [6, 6.07) is 6.74. The Bertz CT molecular complexity index is 572. The number of carbonyl (C=O) groups excluding carboxylic acids is 2. The van der Waals surface area contributed by atoms with Crippen molar-refractivity contribution in [3.8, 4) is 5.75 Å². The molecule has 0 radical (unpaired) electrons. The molecule has 0 saturated carbocycles. The topological polar surface area (TPSA) is 76.1 Å². The Morgan fingerprint density at radius 3 is 2.56 bits per heavy atom. The molecule has 2 rings (SSSR count). The summed E-state index contributed by atoms with van der Waals surface area (Å²) in [6.45, 7) is 3.51. The number of rotatable bonds is 8. The second-order valence-corrected chi connectivity index (χ2v) is 6.39. The molecule has 1 N–H and O–H groups in total. The van der Waals surface area contributed by atoms with Crippen LogP contribution in [0.15, 0.2) is 24.3 Å². The van der Waals surface area contributed by atoms with Crippen LogP contribution in [0.3, 0.4) is 0 Å². The van der Waals surface area contributed by atoms with Gasteiger partial charge in [0.1, 0.15) is 12.4 Å². The Morgan fingerprint density at radius 1 is 1.20 bits per heavy atom. The summed E-state index contributed by atoms with van der Waals surface area (Å²) in [4.78, 5) is 26.2. The predicted molar refractivity (Wildman–Crippen MR) is 93.3 cm³/mol. The van der Waals surface area contributed by atoms with Crippen molar-refractivity contribution in [1.29, 1.82) is 0 Å². The van der Waals surface area contributed by atoms with Crippen LogP contribution < -0.4 is 0 Å². The van der Waals surface area contributed by atoms with Crippen LogP contribution in [0.4, 0.5) is 0 Å². The highest BCUT2D eigenvalue weighted by atomic mass is 16.5. The maximum atomic E-state index is 12.4. The van der Waals surface area contributed by atoms with Crippen LogP contribution in [0.1, 0.15) is 37.7 Å². The largest absolute Gasteiger partial charge is 0.508 e. The summed E-state index contributed by atoms with van der Waals surface area (Å²) >= 11 is 0. The number of amides is 1. The van der Waals surface area contributed by atoms with Gasteiger partial charge in [-0.1, -0.05) is 31.9 Å². The number of hydrogen-bond acceptors (Lipinski definition) is 5. The first kappa shape index (κ1) is 19.2.